The molecule has 0 spiro atoms. The van der Waals surface area contributed by atoms with Crippen LogP contribution in [0.25, 0.3) is 0 Å². The summed E-state index contributed by atoms with van der Waals surface area (Å²) in [5.74, 6) is -0.343. The fourth-order valence-electron chi connectivity index (χ4n) is 0.381. The molecule has 10 heavy (non-hydrogen) atoms. The molecule has 0 aliphatic rings. The Morgan fingerprint density at radius 2 is 2.40 bits per heavy atom. The fourth-order valence-corrected chi connectivity index (χ4v) is 0.381. The first-order chi connectivity index (χ1) is 4.81. The summed E-state index contributed by atoms with van der Waals surface area (Å²) in [6.07, 6.45) is 2.49. The second-order valence-corrected chi connectivity index (χ2v) is 1.71. The summed E-state index contributed by atoms with van der Waals surface area (Å²) >= 11 is 0. The fraction of sp³-hybridized carbons (Fsp3) is 0.571. The monoisotopic (exact) mass is 144 g/mol. The molecule has 0 atom stereocenters. The first-order valence-electron chi connectivity index (χ1n) is 3.06. The van der Waals surface area contributed by atoms with Crippen molar-refractivity contribution in [2.75, 3.05) is 20.3 Å². The molecule has 0 aromatic carbocycles. The minimum absolute atomic E-state index is 0.0321. The number of carbonyl (C=O) groups is 1. The van der Waals surface area contributed by atoms with Gasteiger partial charge in [0.05, 0.1) is 13.7 Å². The average molecular weight is 144 g/mol. The van der Waals surface area contributed by atoms with Gasteiger partial charge in [0.1, 0.15) is 6.61 Å². The predicted molar refractivity (Wildman–Crippen MR) is 37.6 cm³/mol. The minimum atomic E-state index is -0.343. The third kappa shape index (κ3) is 5.31. The van der Waals surface area contributed by atoms with E-state index >= 15 is 0 Å². The molecule has 0 N–H and O–H groups in total. The van der Waals surface area contributed by atoms with Crippen molar-refractivity contribution in [1.29, 1.82) is 0 Å². The van der Waals surface area contributed by atoms with E-state index in [-0.39, 0.29) is 12.6 Å². The molecule has 0 rings (SSSR count). The summed E-state index contributed by atoms with van der Waals surface area (Å²) in [5, 5.41) is 0. The Morgan fingerprint density at radius 1 is 1.70 bits per heavy atom. The lowest BCUT2D eigenvalue weighted by Crippen LogP contribution is -2.10. The lowest BCUT2D eigenvalue weighted by molar-refractivity contribution is -0.145. The largest absolute Gasteiger partial charge is 0.467 e. The highest BCUT2D eigenvalue weighted by molar-refractivity contribution is 5.70. The van der Waals surface area contributed by atoms with Crippen LogP contribution >= 0.6 is 0 Å². The average Bonchev–Trinajstić information content (AvgIpc) is 1.98. The van der Waals surface area contributed by atoms with E-state index in [9.17, 15) is 4.79 Å². The molecule has 0 radical (unpaired) electrons. The van der Waals surface area contributed by atoms with Gasteiger partial charge in [0.15, 0.2) is 0 Å². The van der Waals surface area contributed by atoms with Crippen LogP contribution in [0.15, 0.2) is 12.7 Å². The molecule has 0 aromatic rings. The van der Waals surface area contributed by atoms with Gasteiger partial charge in [0.25, 0.3) is 0 Å². The quantitative estimate of drug-likeness (QED) is 0.324. The van der Waals surface area contributed by atoms with Gasteiger partial charge >= 0.3 is 5.97 Å². The maximum atomic E-state index is 10.4. The number of hydrogen-bond acceptors (Lipinski definition) is 3. The molecular formula is C7H12O3. The molecule has 0 fully saturated rings. The van der Waals surface area contributed by atoms with Gasteiger partial charge in [-0.25, -0.2) is 4.79 Å². The van der Waals surface area contributed by atoms with Crippen molar-refractivity contribution in [3.63, 3.8) is 0 Å². The van der Waals surface area contributed by atoms with Crippen molar-refractivity contribution in [2.24, 2.45) is 0 Å². The molecule has 0 aliphatic heterocycles. The van der Waals surface area contributed by atoms with Gasteiger partial charge in [-0.15, -0.1) is 6.58 Å². The van der Waals surface area contributed by atoms with Crippen molar-refractivity contribution in [3.05, 3.63) is 12.7 Å². The Morgan fingerprint density at radius 3 is 2.90 bits per heavy atom. The third-order valence-electron chi connectivity index (χ3n) is 0.914. The zero-order valence-electron chi connectivity index (χ0n) is 6.13. The maximum absolute atomic E-state index is 10.4. The first kappa shape index (κ1) is 9.17. The Hall–Kier alpha value is -0.830. The minimum Gasteiger partial charge on any atom is -0.467 e. The van der Waals surface area contributed by atoms with E-state index in [0.29, 0.717) is 6.61 Å². The summed E-state index contributed by atoms with van der Waals surface area (Å²) in [7, 11) is 1.33. The maximum Gasteiger partial charge on any atom is 0.331 e. The first-order valence-corrected chi connectivity index (χ1v) is 3.06. The number of hydrogen-bond donors (Lipinski definition) is 0. The second-order valence-electron chi connectivity index (χ2n) is 1.71. The highest BCUT2D eigenvalue weighted by Gasteiger charge is 1.96. The normalized spacial score (nSPS) is 8.90. The molecule has 3 heteroatoms. The Bertz CT molecular complexity index is 109. The van der Waals surface area contributed by atoms with Crippen LogP contribution in [0.2, 0.25) is 0 Å². The van der Waals surface area contributed by atoms with E-state index in [1.54, 1.807) is 6.08 Å². The smallest absolute Gasteiger partial charge is 0.331 e. The zero-order valence-corrected chi connectivity index (χ0v) is 6.13. The van der Waals surface area contributed by atoms with Crippen LogP contribution < -0.4 is 0 Å². The highest BCUT2D eigenvalue weighted by atomic mass is 16.6. The van der Waals surface area contributed by atoms with E-state index in [4.69, 9.17) is 4.74 Å². The van der Waals surface area contributed by atoms with Gasteiger partial charge in [-0.1, -0.05) is 6.08 Å². The number of ether oxygens (including phenoxy) is 2. The number of esters is 1. The van der Waals surface area contributed by atoms with E-state index < -0.39 is 0 Å². The zero-order chi connectivity index (χ0) is 7.82. The molecule has 0 saturated heterocycles. The third-order valence-corrected chi connectivity index (χ3v) is 0.914. The van der Waals surface area contributed by atoms with Crippen LogP contribution in [0.5, 0.6) is 0 Å². The van der Waals surface area contributed by atoms with Crippen molar-refractivity contribution >= 4 is 5.97 Å². The lowest BCUT2D eigenvalue weighted by atomic mass is 10.5. The van der Waals surface area contributed by atoms with Crippen LogP contribution in [0.1, 0.15) is 6.42 Å². The Kier molecular flexibility index (Phi) is 5.77. The van der Waals surface area contributed by atoms with Gasteiger partial charge in [-0.2, -0.15) is 0 Å². The molecule has 58 valence electrons. The molecular weight excluding hydrogens is 132 g/mol. The summed E-state index contributed by atoms with van der Waals surface area (Å²) in [4.78, 5) is 10.4. The van der Waals surface area contributed by atoms with E-state index in [0.717, 1.165) is 6.42 Å². The van der Waals surface area contributed by atoms with Crippen molar-refractivity contribution < 1.29 is 14.3 Å². The van der Waals surface area contributed by atoms with Gasteiger partial charge in [0, 0.05) is 0 Å². The van der Waals surface area contributed by atoms with Gasteiger partial charge < -0.3 is 9.47 Å². The number of methoxy groups -OCH3 is 1. The van der Waals surface area contributed by atoms with Gasteiger partial charge in [0.2, 0.25) is 0 Å². The van der Waals surface area contributed by atoms with Crippen LogP contribution in [0, 0.1) is 0 Å². The summed E-state index contributed by atoms with van der Waals surface area (Å²) < 4.78 is 9.22. The Labute approximate surface area is 60.6 Å². The summed E-state index contributed by atoms with van der Waals surface area (Å²) in [6, 6.07) is 0. The van der Waals surface area contributed by atoms with Crippen LogP contribution in [-0.2, 0) is 14.3 Å². The molecule has 0 unspecified atom stereocenters. The van der Waals surface area contributed by atoms with Gasteiger partial charge in [-0.05, 0) is 6.42 Å². The summed E-state index contributed by atoms with van der Waals surface area (Å²) in [6.45, 7) is 4.06. The van der Waals surface area contributed by atoms with Crippen molar-refractivity contribution in [1.82, 2.24) is 0 Å². The molecule has 3 nitrogen and oxygen atoms in total. The van der Waals surface area contributed by atoms with E-state index in [2.05, 4.69) is 11.3 Å². The molecule has 0 bridgehead atoms. The van der Waals surface area contributed by atoms with Gasteiger partial charge in [-0.3, -0.25) is 0 Å². The Balaban J connectivity index is 3.03. The number of rotatable bonds is 5. The standard InChI is InChI=1S/C7H12O3/c1-3-4-5-10-6-7(8)9-2/h3H,1,4-6H2,2H3. The molecule has 0 aliphatic carbocycles. The van der Waals surface area contributed by atoms with Crippen molar-refractivity contribution in [2.45, 2.75) is 6.42 Å². The number of carbonyl (C=O) groups excluding carboxylic acids is 1. The molecule has 0 amide bonds. The van der Waals surface area contributed by atoms with Crippen LogP contribution in [0.4, 0.5) is 0 Å². The highest BCUT2D eigenvalue weighted by Crippen LogP contribution is 1.83. The van der Waals surface area contributed by atoms with E-state index in [1.165, 1.54) is 7.11 Å². The van der Waals surface area contributed by atoms with Crippen LogP contribution in [-0.4, -0.2) is 26.3 Å². The molecule has 0 heterocycles. The van der Waals surface area contributed by atoms with Crippen molar-refractivity contribution in [3.8, 4) is 0 Å². The topological polar surface area (TPSA) is 35.5 Å². The SMILES string of the molecule is C=CCCOCC(=O)OC. The van der Waals surface area contributed by atoms with Crippen LogP contribution in [0.3, 0.4) is 0 Å². The predicted octanol–water partition coefficient (Wildman–Crippen LogP) is 0.752. The molecule has 0 saturated carbocycles. The lowest BCUT2D eigenvalue weighted by Gasteiger charge is -1.98. The second kappa shape index (κ2) is 6.29. The molecule has 0 aromatic heterocycles. The van der Waals surface area contributed by atoms with E-state index in [1.807, 2.05) is 0 Å². The summed E-state index contributed by atoms with van der Waals surface area (Å²) in [5.41, 5.74) is 0.